The largest absolute Gasteiger partial charge is 0.472 e. The van der Waals surface area contributed by atoms with E-state index < -0.39 is 97.5 Å². The van der Waals surface area contributed by atoms with E-state index in [1.807, 2.05) is 0 Å². The summed E-state index contributed by atoms with van der Waals surface area (Å²) in [5.74, 6) is 0.901. The van der Waals surface area contributed by atoms with E-state index in [1.165, 1.54) is 180 Å². The maximum atomic E-state index is 13.1. The average molecular weight is 1400 g/mol. The molecular weight excluding hydrogens is 1250 g/mol. The van der Waals surface area contributed by atoms with Gasteiger partial charge in [-0.25, -0.2) is 9.13 Å². The highest BCUT2D eigenvalue weighted by Gasteiger charge is 2.30. The fraction of sp³-hybridized carbons (Fsp3) is 0.947. The van der Waals surface area contributed by atoms with Crippen molar-refractivity contribution in [3.05, 3.63) is 0 Å². The lowest BCUT2D eigenvalue weighted by Crippen LogP contribution is -2.30. The van der Waals surface area contributed by atoms with Crippen LogP contribution in [0.4, 0.5) is 0 Å². The molecular formula is C76H148O17P2. The second-order valence-electron chi connectivity index (χ2n) is 29.1. The topological polar surface area (TPSA) is 237 Å². The van der Waals surface area contributed by atoms with Crippen LogP contribution in [0.15, 0.2) is 0 Å². The summed E-state index contributed by atoms with van der Waals surface area (Å²) in [4.78, 5) is 72.7. The van der Waals surface area contributed by atoms with Gasteiger partial charge >= 0.3 is 39.5 Å². The molecule has 0 aliphatic carbocycles. The van der Waals surface area contributed by atoms with E-state index in [2.05, 4.69) is 55.4 Å². The number of carbonyl (C=O) groups excluding carboxylic acids is 4. The van der Waals surface area contributed by atoms with Crippen LogP contribution in [0.2, 0.25) is 0 Å². The lowest BCUT2D eigenvalue weighted by atomic mass is 9.99. The lowest BCUT2D eigenvalue weighted by Gasteiger charge is -2.21. The van der Waals surface area contributed by atoms with Crippen molar-refractivity contribution in [2.24, 2.45) is 23.7 Å². The Kier molecular flexibility index (Phi) is 64.0. The van der Waals surface area contributed by atoms with Gasteiger partial charge in [-0.3, -0.25) is 37.3 Å². The van der Waals surface area contributed by atoms with Gasteiger partial charge in [-0.05, 0) is 49.4 Å². The van der Waals surface area contributed by atoms with Crippen LogP contribution in [0, 0.1) is 23.7 Å². The van der Waals surface area contributed by atoms with Crippen LogP contribution in [0.1, 0.15) is 383 Å². The zero-order valence-electron chi connectivity index (χ0n) is 62.3. The molecule has 0 aromatic heterocycles. The first-order valence-electron chi connectivity index (χ1n) is 39.2. The fourth-order valence-corrected chi connectivity index (χ4v) is 13.1. The van der Waals surface area contributed by atoms with Crippen LogP contribution in [0.5, 0.6) is 0 Å². The van der Waals surface area contributed by atoms with E-state index >= 15 is 0 Å². The van der Waals surface area contributed by atoms with Gasteiger partial charge in [0.05, 0.1) is 26.4 Å². The predicted molar refractivity (Wildman–Crippen MR) is 386 cm³/mol. The second kappa shape index (κ2) is 65.4. The number of esters is 4. The first-order valence-corrected chi connectivity index (χ1v) is 42.2. The monoisotopic (exact) mass is 1400 g/mol. The van der Waals surface area contributed by atoms with Gasteiger partial charge in [-0.2, -0.15) is 0 Å². The molecule has 19 heteroatoms. The molecule has 17 nitrogen and oxygen atoms in total. The Morgan fingerprint density at radius 3 is 0.747 bits per heavy atom. The number of rotatable bonds is 73. The molecule has 0 aromatic rings. The third kappa shape index (κ3) is 69.0. The van der Waals surface area contributed by atoms with Gasteiger partial charge in [0, 0.05) is 25.7 Å². The van der Waals surface area contributed by atoms with Gasteiger partial charge in [-0.1, -0.05) is 331 Å². The minimum Gasteiger partial charge on any atom is -0.462 e. The molecule has 0 saturated heterocycles. The average Bonchev–Trinajstić information content (AvgIpc) is 2.17. The zero-order chi connectivity index (χ0) is 70.3. The molecule has 0 amide bonds. The molecule has 0 aliphatic rings. The number of carbonyl (C=O) groups is 4. The SMILES string of the molecule is CCC(C)CCCCCCCCCCCCCCCCC(=O)OC[C@H](COP(=O)(O)OCC(O)COP(=O)(O)OC[C@@H](COC(=O)CCCCCCCCCC(C)C)OC(=O)CCCCCCCCC(C)C)OC(=O)CCCCCCCCCCCCCCCCCC(C)C. The van der Waals surface area contributed by atoms with Crippen molar-refractivity contribution < 1.29 is 80.2 Å². The standard InChI is InChI=1S/C76H148O17P2/c1-9-69(8)55-47-39-30-24-20-16-13-14-17-21-25-31-40-48-56-73(78)86-62-71(92-75(80)58-50-42-32-26-22-18-12-10-11-15-19-23-28-36-44-52-66(2)3)64-90-94(82,83)88-60-70(77)61-89-95(84,85)91-65-72(93-76(81)59-51-43-35-34-38-46-54-68(6)7)63-87-74(79)57-49-41-33-27-29-37-45-53-67(4)5/h66-72,77H,9-65H2,1-8H3,(H,82,83)(H,84,85)/t69?,70?,71-,72-/m1/s1. The van der Waals surface area contributed by atoms with Crippen molar-refractivity contribution in [2.75, 3.05) is 39.6 Å². The fourth-order valence-electron chi connectivity index (χ4n) is 11.5. The third-order valence-electron chi connectivity index (χ3n) is 17.9. The highest BCUT2D eigenvalue weighted by molar-refractivity contribution is 7.47. The molecule has 564 valence electrons. The summed E-state index contributed by atoms with van der Waals surface area (Å²) < 4.78 is 68.4. The highest BCUT2D eigenvalue weighted by Crippen LogP contribution is 2.45. The van der Waals surface area contributed by atoms with Crippen LogP contribution in [0.3, 0.4) is 0 Å². The molecule has 0 spiro atoms. The molecule has 0 fully saturated rings. The summed E-state index contributed by atoms with van der Waals surface area (Å²) in [6.45, 7) is 14.1. The Hall–Kier alpha value is -1.94. The number of hydrogen-bond donors (Lipinski definition) is 3. The normalized spacial score (nSPS) is 14.4. The molecule has 0 aromatic carbocycles. The van der Waals surface area contributed by atoms with E-state index in [0.717, 1.165) is 108 Å². The molecule has 4 unspecified atom stereocenters. The van der Waals surface area contributed by atoms with Crippen molar-refractivity contribution in [1.29, 1.82) is 0 Å². The highest BCUT2D eigenvalue weighted by atomic mass is 31.2. The summed E-state index contributed by atoms with van der Waals surface area (Å²) in [5.41, 5.74) is 0. The van der Waals surface area contributed by atoms with Gasteiger partial charge in [0.1, 0.15) is 19.3 Å². The van der Waals surface area contributed by atoms with E-state index in [9.17, 15) is 43.2 Å². The molecule has 95 heavy (non-hydrogen) atoms. The number of aliphatic hydroxyl groups excluding tert-OH is 1. The number of phosphoric acid groups is 2. The van der Waals surface area contributed by atoms with Crippen molar-refractivity contribution in [2.45, 2.75) is 401 Å². The number of aliphatic hydroxyl groups is 1. The van der Waals surface area contributed by atoms with E-state index in [1.54, 1.807) is 0 Å². The molecule has 3 N–H and O–H groups in total. The number of unbranched alkanes of at least 4 members (excludes halogenated alkanes) is 38. The van der Waals surface area contributed by atoms with Gasteiger partial charge in [-0.15, -0.1) is 0 Å². The molecule has 0 radical (unpaired) electrons. The Labute approximate surface area is 581 Å². The molecule has 6 atom stereocenters. The van der Waals surface area contributed by atoms with E-state index in [4.69, 9.17) is 37.0 Å². The minimum absolute atomic E-state index is 0.101. The van der Waals surface area contributed by atoms with Crippen LogP contribution < -0.4 is 0 Å². The first-order chi connectivity index (χ1) is 45.6. The summed E-state index contributed by atoms with van der Waals surface area (Å²) in [6.07, 6.45) is 50.2. The molecule has 0 bridgehead atoms. The Balaban J connectivity index is 5.21. The molecule has 0 aliphatic heterocycles. The third-order valence-corrected chi connectivity index (χ3v) is 19.8. The van der Waals surface area contributed by atoms with Crippen molar-refractivity contribution in [3.8, 4) is 0 Å². The van der Waals surface area contributed by atoms with Crippen molar-refractivity contribution in [1.82, 2.24) is 0 Å². The van der Waals surface area contributed by atoms with Gasteiger partial charge in [0.2, 0.25) is 0 Å². The summed E-state index contributed by atoms with van der Waals surface area (Å²) in [6, 6.07) is 0. The van der Waals surface area contributed by atoms with Gasteiger partial charge in [0.25, 0.3) is 0 Å². The maximum Gasteiger partial charge on any atom is 0.472 e. The first kappa shape index (κ1) is 93.1. The summed E-state index contributed by atoms with van der Waals surface area (Å²) in [7, 11) is -9.91. The van der Waals surface area contributed by atoms with Crippen LogP contribution >= 0.6 is 15.6 Å². The molecule has 0 rings (SSSR count). The van der Waals surface area contributed by atoms with Crippen LogP contribution in [-0.4, -0.2) is 96.7 Å². The molecule has 0 heterocycles. The molecule has 0 saturated carbocycles. The number of phosphoric ester groups is 2. The smallest absolute Gasteiger partial charge is 0.462 e. The number of hydrogen-bond acceptors (Lipinski definition) is 15. The van der Waals surface area contributed by atoms with Crippen molar-refractivity contribution in [3.63, 3.8) is 0 Å². The Morgan fingerprint density at radius 2 is 0.505 bits per heavy atom. The summed E-state index contributed by atoms with van der Waals surface area (Å²) >= 11 is 0. The summed E-state index contributed by atoms with van der Waals surface area (Å²) in [5, 5.41) is 10.6. The van der Waals surface area contributed by atoms with E-state index in [0.29, 0.717) is 37.5 Å². The number of ether oxygens (including phenoxy) is 4. The Bertz CT molecular complexity index is 1870. The zero-order valence-corrected chi connectivity index (χ0v) is 64.1. The van der Waals surface area contributed by atoms with Gasteiger partial charge < -0.3 is 33.8 Å². The minimum atomic E-state index is -4.96. The van der Waals surface area contributed by atoms with Crippen LogP contribution in [0.25, 0.3) is 0 Å². The second-order valence-corrected chi connectivity index (χ2v) is 32.0. The van der Waals surface area contributed by atoms with Crippen LogP contribution in [-0.2, 0) is 65.4 Å². The van der Waals surface area contributed by atoms with Gasteiger partial charge in [0.15, 0.2) is 12.2 Å². The quantitative estimate of drug-likeness (QED) is 0.0222. The Morgan fingerprint density at radius 1 is 0.295 bits per heavy atom. The maximum absolute atomic E-state index is 13.1. The predicted octanol–water partition coefficient (Wildman–Crippen LogP) is 22.0. The lowest BCUT2D eigenvalue weighted by molar-refractivity contribution is -0.161. The van der Waals surface area contributed by atoms with E-state index in [-0.39, 0.29) is 25.7 Å². The van der Waals surface area contributed by atoms with Crippen molar-refractivity contribution >= 4 is 39.5 Å².